The fraction of sp³-hybridized carbons (Fsp3) is 0.640. The van der Waals surface area contributed by atoms with Crippen LogP contribution >= 0.6 is 11.8 Å². The number of aliphatic imine (C=N–C) groups is 1. The molecule has 18 atom stereocenters. The van der Waals surface area contributed by atoms with E-state index in [1.54, 1.807) is 24.3 Å². The van der Waals surface area contributed by atoms with Crippen molar-refractivity contribution in [2.24, 2.45) is 22.2 Å². The molecule has 2 amide bonds. The van der Waals surface area contributed by atoms with E-state index in [2.05, 4.69) is 39.7 Å². The molecule has 0 aromatic heterocycles. The number of ether oxygens (including phenoxy) is 5. The van der Waals surface area contributed by atoms with Gasteiger partial charge in [0.1, 0.15) is 84.5 Å². The maximum Gasteiger partial charge on any atom is 0.338 e. The van der Waals surface area contributed by atoms with Gasteiger partial charge in [0.25, 0.3) is 0 Å². The number of carboxylic acids is 1. The van der Waals surface area contributed by atoms with Crippen LogP contribution < -0.4 is 38.9 Å². The molecule has 0 unspecified atom stereocenters. The van der Waals surface area contributed by atoms with Crippen LogP contribution in [0.3, 0.4) is 0 Å². The van der Waals surface area contributed by atoms with E-state index in [0.717, 1.165) is 25.2 Å². The highest BCUT2D eigenvalue weighted by molar-refractivity contribution is 8.01. The number of nitrogens with one attached hydrogen (secondary N) is 4. The number of nitrogens with zero attached hydrogens (tertiary/aromatic N) is 3. The van der Waals surface area contributed by atoms with E-state index in [-0.39, 0.29) is 29.6 Å². The molecule has 30 heteroatoms. The molecule has 4 aliphatic heterocycles. The molecule has 0 bridgehead atoms. The van der Waals surface area contributed by atoms with Crippen molar-refractivity contribution in [1.82, 2.24) is 25.8 Å². The van der Waals surface area contributed by atoms with Gasteiger partial charge in [0.15, 0.2) is 24.5 Å². The van der Waals surface area contributed by atoms with Gasteiger partial charge in [-0.1, -0.05) is 44.2 Å². The number of amides is 2. The number of nitrogen functional groups attached to an aromatic ring is 1. The number of thioether (sulfide) groups is 1. The number of nitrogens with two attached hydrogens (primary N) is 4. The van der Waals surface area contributed by atoms with E-state index in [1.807, 2.05) is 44.2 Å². The Hall–Kier alpha value is -5.55. The van der Waals surface area contributed by atoms with Gasteiger partial charge >= 0.3 is 11.9 Å². The normalized spacial score (nSPS) is 34.1. The van der Waals surface area contributed by atoms with Gasteiger partial charge in [-0.15, -0.1) is 11.8 Å². The molecule has 4 saturated heterocycles. The lowest BCUT2D eigenvalue weighted by atomic mass is 9.81. The fourth-order valence-electron chi connectivity index (χ4n) is 9.88. The minimum atomic E-state index is -2.15. The molecule has 80 heavy (non-hydrogen) atoms. The third kappa shape index (κ3) is 15.1. The number of benzene rings is 2. The van der Waals surface area contributed by atoms with Gasteiger partial charge in [-0.25, -0.2) is 14.6 Å². The van der Waals surface area contributed by atoms with Crippen molar-refractivity contribution < 1.29 is 88.8 Å². The average Bonchev–Trinajstić information content (AvgIpc) is 3.81. The Labute approximate surface area is 466 Å². The summed E-state index contributed by atoms with van der Waals surface area (Å²) in [5.74, 6) is -2.98. The molecule has 1 saturated carbocycles. The second-order valence-corrected chi connectivity index (χ2v) is 21.9. The van der Waals surface area contributed by atoms with E-state index < -0.39 is 139 Å². The maximum absolute atomic E-state index is 12.3. The van der Waals surface area contributed by atoms with Gasteiger partial charge in [0.05, 0.1) is 43.4 Å². The Kier molecular flexibility index (Phi) is 23.2. The molecule has 2 aromatic carbocycles. The molecule has 0 spiro atoms. The first-order valence-electron chi connectivity index (χ1n) is 25.8. The summed E-state index contributed by atoms with van der Waals surface area (Å²) in [6, 6.07) is 10.6. The molecular formula is C50H79N11O18S. The molecule has 21 N–H and O–H groups in total. The SMILES string of the molecule is CC1(C)S[C@@H]2[C@H](NC(=O)Cc3ccccc3)C(=O)N2[C@H]1C(=O)O.CCN(CC)CCOC(=O)c1ccc(N)cc1.CN[C@@H]1[C@H](O[C@H]2[C@H](O[C@H]3[C@H](O)[C@@H](O)[C@H](NC(=N)N)[C@@H](O)[C@@H]3N=C(N)N)O[C@@H](C)[C@]2(O)CO)O[C@@H](CO)[C@H](O)[C@H]1O. The van der Waals surface area contributed by atoms with Crippen LogP contribution in [0.15, 0.2) is 59.6 Å². The van der Waals surface area contributed by atoms with Crippen LogP contribution in [0.1, 0.15) is 50.5 Å². The highest BCUT2D eigenvalue weighted by Crippen LogP contribution is 2.51. The number of carbonyl (C=O) groups excluding carboxylic acids is 3. The van der Waals surface area contributed by atoms with Crippen molar-refractivity contribution in [1.29, 1.82) is 5.41 Å². The van der Waals surface area contributed by atoms with Crippen molar-refractivity contribution in [3.05, 3.63) is 65.7 Å². The Morgan fingerprint density at radius 2 is 1.50 bits per heavy atom. The number of aliphatic carboxylic acids is 1. The maximum atomic E-state index is 12.3. The first-order valence-corrected chi connectivity index (χ1v) is 26.7. The number of anilines is 1. The molecule has 5 fully saturated rings. The number of guanidine groups is 2. The van der Waals surface area contributed by atoms with E-state index in [4.69, 9.17) is 52.0 Å². The van der Waals surface area contributed by atoms with Crippen molar-refractivity contribution in [2.75, 3.05) is 52.2 Å². The molecule has 5 aliphatic rings. The zero-order chi connectivity index (χ0) is 59.6. The van der Waals surface area contributed by atoms with Gasteiger partial charge in [-0.2, -0.15) is 0 Å². The Bertz CT molecular complexity index is 2410. The Morgan fingerprint density at radius 1 is 0.875 bits per heavy atom. The monoisotopic (exact) mass is 1150 g/mol. The number of carboxylic acid groups (broad SMARTS) is 1. The molecule has 0 radical (unpaired) electrons. The highest BCUT2D eigenvalue weighted by Gasteiger charge is 2.64. The van der Waals surface area contributed by atoms with Gasteiger partial charge < -0.3 is 118 Å². The van der Waals surface area contributed by atoms with Crippen molar-refractivity contribution in [3.8, 4) is 0 Å². The molecule has 448 valence electrons. The summed E-state index contributed by atoms with van der Waals surface area (Å²) in [7, 11) is 1.44. The van der Waals surface area contributed by atoms with Crippen molar-refractivity contribution >= 4 is 53.1 Å². The van der Waals surface area contributed by atoms with Gasteiger partial charge in [-0.05, 0) is 70.7 Å². The summed E-state index contributed by atoms with van der Waals surface area (Å²) in [6.07, 6.45) is -16.7. The summed E-state index contributed by atoms with van der Waals surface area (Å²) in [6.45, 7) is 10.7. The second kappa shape index (κ2) is 28.4. The van der Waals surface area contributed by atoms with Crippen LogP contribution in [0.5, 0.6) is 0 Å². The molecule has 7 rings (SSSR count). The van der Waals surface area contributed by atoms with E-state index in [0.29, 0.717) is 17.9 Å². The number of aliphatic hydroxyl groups excluding tert-OH is 7. The van der Waals surface area contributed by atoms with Crippen molar-refractivity contribution in [3.63, 3.8) is 0 Å². The number of aliphatic hydroxyl groups is 8. The van der Waals surface area contributed by atoms with E-state index in [1.165, 1.54) is 30.6 Å². The zero-order valence-electron chi connectivity index (χ0n) is 45.2. The first-order chi connectivity index (χ1) is 37.7. The lowest BCUT2D eigenvalue weighted by molar-refractivity contribution is -0.317. The minimum absolute atomic E-state index is 0.202. The average molecular weight is 1150 g/mol. The Balaban J connectivity index is 0.000000246. The predicted molar refractivity (Wildman–Crippen MR) is 288 cm³/mol. The molecule has 4 heterocycles. The summed E-state index contributed by atoms with van der Waals surface area (Å²) in [5.41, 5.74) is 21.8. The summed E-state index contributed by atoms with van der Waals surface area (Å²) < 4.78 is 27.8. The summed E-state index contributed by atoms with van der Waals surface area (Å²) in [4.78, 5) is 54.9. The predicted octanol–water partition coefficient (Wildman–Crippen LogP) is -5.53. The van der Waals surface area contributed by atoms with Gasteiger partial charge in [0.2, 0.25) is 11.8 Å². The fourth-order valence-corrected chi connectivity index (χ4v) is 11.5. The summed E-state index contributed by atoms with van der Waals surface area (Å²) >= 11 is 1.42. The number of carbonyl (C=O) groups is 4. The van der Waals surface area contributed by atoms with Crippen LogP contribution in [0.2, 0.25) is 0 Å². The second-order valence-electron chi connectivity index (χ2n) is 20.2. The van der Waals surface area contributed by atoms with Crippen LogP contribution in [-0.4, -0.2) is 251 Å². The summed E-state index contributed by atoms with van der Waals surface area (Å²) in [5, 5.41) is 109. The molecule has 1 aliphatic carbocycles. The Morgan fingerprint density at radius 3 is 2.05 bits per heavy atom. The number of fused-ring (bicyclic) bond motifs is 1. The van der Waals surface area contributed by atoms with E-state index >= 15 is 0 Å². The molecule has 29 nitrogen and oxygen atoms in total. The minimum Gasteiger partial charge on any atom is -0.480 e. The van der Waals surface area contributed by atoms with Crippen LogP contribution in [0.25, 0.3) is 0 Å². The van der Waals surface area contributed by atoms with Crippen LogP contribution in [0, 0.1) is 5.41 Å². The third-order valence-electron chi connectivity index (χ3n) is 14.4. The number of likely N-dealkylation sites (N-methyl/N-ethyl adjacent to an activating group) is 2. The third-order valence-corrected chi connectivity index (χ3v) is 16.0. The van der Waals surface area contributed by atoms with Crippen LogP contribution in [0.4, 0.5) is 5.69 Å². The highest BCUT2D eigenvalue weighted by atomic mass is 32.2. The standard InChI is InChI=1S/C21H41N7O12.C16H18N2O4S.C13H20N2O2/c1-5-21(36,4-30)16(40-17-9(26-2)13(34)10(31)6(3-29)38-17)18(37-5)39-15-8(28-20(24)25)11(32)7(27-19(22)23)12(33)14(15)35;1-16(2)12(15(21)22)18-13(20)11(14(18)23-16)17-10(19)8-9-6-4-3-5-7-9;1-3-15(4-2)9-10-17-13(16)11-5-7-12(14)8-6-11/h5-18,26,29-36H,3-4H2,1-2H3,(H4,22,23,27)(H4,24,25,28);3-7,11-12,14H,8H2,1-2H3,(H,17,19)(H,21,22);5-8H,3-4,9-10,14H2,1-2H3/t5-,6-,7+,8-,9-,10-,11+,12-,13-,14+,15+,16-,17-,18-,21+;11-,12+,14-;/m01./s1. The van der Waals surface area contributed by atoms with Gasteiger partial charge in [0, 0.05) is 17.0 Å². The van der Waals surface area contributed by atoms with Gasteiger partial charge in [-0.3, -0.25) is 15.0 Å². The topological polar surface area (TPSA) is 479 Å². The number of β-lactam (4-membered cyclic amide) rings is 1. The smallest absolute Gasteiger partial charge is 0.338 e. The van der Waals surface area contributed by atoms with Crippen molar-refractivity contribution in [2.45, 2.75) is 154 Å². The quantitative estimate of drug-likeness (QED) is 0.0205. The largest absolute Gasteiger partial charge is 0.480 e. The van der Waals surface area contributed by atoms with E-state index in [9.17, 15) is 65.1 Å². The number of rotatable bonds is 19. The first kappa shape index (κ1) is 65.3. The van der Waals surface area contributed by atoms with Crippen LogP contribution in [-0.2, 0) is 44.5 Å². The number of esters is 1. The number of hydrogen-bond donors (Lipinski definition) is 17. The zero-order valence-corrected chi connectivity index (χ0v) is 46.0. The lowest BCUT2D eigenvalue weighted by Crippen LogP contribution is -2.70. The lowest BCUT2D eigenvalue weighted by Gasteiger charge is -2.46. The number of hydrogen-bond acceptors (Lipinski definition) is 23. The molecular weight excluding hydrogens is 1070 g/mol. The molecule has 2 aromatic rings.